The van der Waals surface area contributed by atoms with Gasteiger partial charge in [-0.2, -0.15) is 4.98 Å². The molecular weight excluding hydrogens is 404 g/mol. The molecule has 0 aliphatic carbocycles. The van der Waals surface area contributed by atoms with Gasteiger partial charge in [0.15, 0.2) is 11.5 Å². The Balaban J connectivity index is 2.31. The lowest BCUT2D eigenvalue weighted by atomic mass is 9.89. The van der Waals surface area contributed by atoms with Gasteiger partial charge >= 0.3 is 5.97 Å². The number of aromatic nitrogens is 2. The summed E-state index contributed by atoms with van der Waals surface area (Å²) in [6.07, 6.45) is 1.41. The smallest absolute Gasteiger partial charge is 0.306 e. The number of methoxy groups -OCH3 is 4. The minimum absolute atomic E-state index is 0.0391. The van der Waals surface area contributed by atoms with E-state index in [0.29, 0.717) is 28.5 Å². The van der Waals surface area contributed by atoms with Crippen LogP contribution in [0, 0.1) is 6.92 Å². The normalized spacial score (nSPS) is 11.8. The highest BCUT2D eigenvalue weighted by molar-refractivity contribution is 5.72. The lowest BCUT2D eigenvalue weighted by molar-refractivity contribution is -0.140. The molecule has 0 saturated heterocycles. The van der Waals surface area contributed by atoms with Crippen molar-refractivity contribution in [1.29, 1.82) is 0 Å². The van der Waals surface area contributed by atoms with Gasteiger partial charge < -0.3 is 24.1 Å². The standard InChI is InChI=1S/C22H24N2O7/c1-12-6-7-17-23-21(26)19(22(27)24(17)11-12)14(10-18(25)30-4)13-8-15(28-2)20(31-5)16(9-13)29-3/h6-9,11,14,26H,10H2,1-5H3/t14-/m1/s1. The second kappa shape index (κ2) is 8.95. The third-order valence-electron chi connectivity index (χ3n) is 5.02. The molecular formula is C22H24N2O7. The van der Waals surface area contributed by atoms with Gasteiger partial charge in [0.1, 0.15) is 5.65 Å². The molecule has 2 aromatic heterocycles. The Kier molecular flexibility index (Phi) is 6.33. The summed E-state index contributed by atoms with van der Waals surface area (Å²) >= 11 is 0. The highest BCUT2D eigenvalue weighted by Gasteiger charge is 2.29. The van der Waals surface area contributed by atoms with Crippen molar-refractivity contribution in [3.63, 3.8) is 0 Å². The summed E-state index contributed by atoms with van der Waals surface area (Å²) in [6.45, 7) is 1.84. The lowest BCUT2D eigenvalue weighted by Crippen LogP contribution is -2.24. The molecule has 1 N–H and O–H groups in total. The average Bonchev–Trinajstić information content (AvgIpc) is 2.77. The predicted octanol–water partition coefficient (Wildman–Crippen LogP) is 2.43. The number of hydrogen-bond donors (Lipinski definition) is 1. The van der Waals surface area contributed by atoms with Gasteiger partial charge in [-0.1, -0.05) is 6.07 Å². The molecule has 0 fully saturated rings. The number of ether oxygens (including phenoxy) is 4. The third kappa shape index (κ3) is 4.11. The quantitative estimate of drug-likeness (QED) is 0.572. The van der Waals surface area contributed by atoms with E-state index in [0.717, 1.165) is 5.56 Å². The van der Waals surface area contributed by atoms with Crippen LogP contribution in [0.4, 0.5) is 0 Å². The molecule has 9 heteroatoms. The molecule has 1 atom stereocenters. The number of nitrogens with zero attached hydrogens (tertiary/aromatic N) is 2. The first kappa shape index (κ1) is 21.9. The maximum absolute atomic E-state index is 13.3. The van der Waals surface area contributed by atoms with Crippen LogP contribution >= 0.6 is 0 Å². The first-order valence-corrected chi connectivity index (χ1v) is 9.43. The summed E-state index contributed by atoms with van der Waals surface area (Å²) in [4.78, 5) is 29.7. The number of pyridine rings is 1. The minimum atomic E-state index is -0.876. The molecule has 164 valence electrons. The van der Waals surface area contributed by atoms with Gasteiger partial charge in [0.25, 0.3) is 5.56 Å². The van der Waals surface area contributed by atoms with Gasteiger partial charge in [-0.05, 0) is 36.2 Å². The van der Waals surface area contributed by atoms with Crippen LogP contribution in [0.5, 0.6) is 23.1 Å². The van der Waals surface area contributed by atoms with E-state index >= 15 is 0 Å². The van der Waals surface area contributed by atoms with E-state index in [2.05, 4.69) is 4.98 Å². The number of fused-ring (bicyclic) bond motifs is 1. The fourth-order valence-electron chi connectivity index (χ4n) is 3.49. The van der Waals surface area contributed by atoms with Crippen molar-refractivity contribution >= 4 is 11.6 Å². The van der Waals surface area contributed by atoms with Gasteiger partial charge in [-0.25, -0.2) is 0 Å². The highest BCUT2D eigenvalue weighted by Crippen LogP contribution is 2.42. The molecule has 2 heterocycles. The van der Waals surface area contributed by atoms with Gasteiger partial charge in [0.2, 0.25) is 11.6 Å². The lowest BCUT2D eigenvalue weighted by Gasteiger charge is -2.20. The molecule has 0 aliphatic rings. The Morgan fingerprint density at radius 3 is 2.29 bits per heavy atom. The molecule has 0 saturated carbocycles. The summed E-state index contributed by atoms with van der Waals surface area (Å²) < 4.78 is 22.3. The van der Waals surface area contributed by atoms with Crippen molar-refractivity contribution < 1.29 is 28.8 Å². The highest BCUT2D eigenvalue weighted by atomic mass is 16.5. The van der Waals surface area contributed by atoms with Crippen LogP contribution in [0.3, 0.4) is 0 Å². The Hall–Kier alpha value is -3.75. The van der Waals surface area contributed by atoms with Gasteiger partial charge in [-0.3, -0.25) is 14.0 Å². The zero-order valence-corrected chi connectivity index (χ0v) is 18.0. The van der Waals surface area contributed by atoms with E-state index in [1.165, 1.54) is 32.8 Å². The van der Waals surface area contributed by atoms with Crippen LogP contribution < -0.4 is 19.8 Å². The minimum Gasteiger partial charge on any atom is -0.493 e. The zero-order chi connectivity index (χ0) is 22.7. The van der Waals surface area contributed by atoms with E-state index in [-0.39, 0.29) is 12.0 Å². The van der Waals surface area contributed by atoms with Gasteiger partial charge in [-0.15, -0.1) is 0 Å². The van der Waals surface area contributed by atoms with Crippen LogP contribution in [0.1, 0.15) is 29.0 Å². The predicted molar refractivity (Wildman–Crippen MR) is 112 cm³/mol. The molecule has 1 aromatic carbocycles. The second-order valence-corrected chi connectivity index (χ2v) is 6.88. The fourth-order valence-corrected chi connectivity index (χ4v) is 3.49. The Morgan fingerprint density at radius 1 is 1.10 bits per heavy atom. The maximum atomic E-state index is 13.3. The number of aryl methyl sites for hydroxylation is 1. The summed E-state index contributed by atoms with van der Waals surface area (Å²) in [5, 5.41) is 10.7. The number of esters is 1. The molecule has 3 rings (SSSR count). The van der Waals surface area contributed by atoms with Gasteiger partial charge in [0, 0.05) is 12.1 Å². The molecule has 9 nitrogen and oxygen atoms in total. The monoisotopic (exact) mass is 428 g/mol. The van der Waals surface area contributed by atoms with Crippen LogP contribution in [-0.2, 0) is 9.53 Å². The molecule has 0 bridgehead atoms. The van der Waals surface area contributed by atoms with Gasteiger partial charge in [0.05, 0.1) is 40.4 Å². The van der Waals surface area contributed by atoms with Crippen molar-refractivity contribution in [1.82, 2.24) is 9.38 Å². The largest absolute Gasteiger partial charge is 0.493 e. The molecule has 31 heavy (non-hydrogen) atoms. The van der Waals surface area contributed by atoms with Crippen molar-refractivity contribution in [3.8, 4) is 23.1 Å². The first-order valence-electron chi connectivity index (χ1n) is 9.43. The molecule has 0 unspecified atom stereocenters. The molecule has 0 spiro atoms. The van der Waals surface area contributed by atoms with Crippen LogP contribution in [-0.4, -0.2) is 48.9 Å². The van der Waals surface area contributed by atoms with Crippen LogP contribution in [0.2, 0.25) is 0 Å². The third-order valence-corrected chi connectivity index (χ3v) is 5.02. The molecule has 0 radical (unpaired) electrons. The molecule has 3 aromatic rings. The fraction of sp³-hybridized carbons (Fsp3) is 0.318. The van der Waals surface area contributed by atoms with E-state index < -0.39 is 23.3 Å². The Bertz CT molecular complexity index is 1160. The SMILES string of the molecule is COC(=O)C[C@H](c1cc(OC)c(OC)c(OC)c1)c1c(O)nc2ccc(C)cn2c1=O. The van der Waals surface area contributed by atoms with E-state index in [1.807, 2.05) is 6.92 Å². The van der Waals surface area contributed by atoms with E-state index in [4.69, 9.17) is 18.9 Å². The number of aromatic hydroxyl groups is 1. The van der Waals surface area contributed by atoms with Crippen LogP contribution in [0.25, 0.3) is 5.65 Å². The Morgan fingerprint density at radius 2 is 1.74 bits per heavy atom. The van der Waals surface area contributed by atoms with Crippen molar-refractivity contribution in [3.05, 3.63) is 57.5 Å². The number of carbonyl (C=O) groups is 1. The molecule has 0 aliphatic heterocycles. The summed E-state index contributed by atoms with van der Waals surface area (Å²) in [7, 11) is 5.65. The summed E-state index contributed by atoms with van der Waals surface area (Å²) in [6, 6.07) is 6.67. The molecule has 0 amide bonds. The zero-order valence-electron chi connectivity index (χ0n) is 18.0. The Labute approximate surface area is 178 Å². The van der Waals surface area contributed by atoms with Crippen molar-refractivity contribution in [2.45, 2.75) is 19.3 Å². The number of hydrogen-bond acceptors (Lipinski definition) is 8. The number of benzene rings is 1. The topological polar surface area (TPSA) is 109 Å². The van der Waals surface area contributed by atoms with Crippen LogP contribution in [0.15, 0.2) is 35.3 Å². The first-order chi connectivity index (χ1) is 14.8. The second-order valence-electron chi connectivity index (χ2n) is 6.88. The maximum Gasteiger partial charge on any atom is 0.306 e. The van der Waals surface area contributed by atoms with E-state index in [9.17, 15) is 14.7 Å². The summed E-state index contributed by atoms with van der Waals surface area (Å²) in [5.41, 5.74) is 1.09. The average molecular weight is 428 g/mol. The van der Waals surface area contributed by atoms with E-state index in [1.54, 1.807) is 30.5 Å². The summed E-state index contributed by atoms with van der Waals surface area (Å²) in [5.74, 6) is -0.854. The van der Waals surface area contributed by atoms with Crippen molar-refractivity contribution in [2.24, 2.45) is 0 Å². The van der Waals surface area contributed by atoms with Crippen molar-refractivity contribution in [2.75, 3.05) is 28.4 Å². The number of carbonyl (C=O) groups excluding carboxylic acids is 1. The number of rotatable bonds is 7.